The molecule has 0 aliphatic carbocycles. The highest BCUT2D eigenvalue weighted by Crippen LogP contribution is 2.22. The maximum atomic E-state index is 9.42. The number of nitrogens with zero attached hydrogens (tertiary/aromatic N) is 5. The van der Waals surface area contributed by atoms with Gasteiger partial charge in [-0.1, -0.05) is 6.07 Å². The second kappa shape index (κ2) is 6.31. The molecule has 0 radical (unpaired) electrons. The van der Waals surface area contributed by atoms with Crippen molar-refractivity contribution in [1.29, 1.82) is 5.26 Å². The van der Waals surface area contributed by atoms with Crippen molar-refractivity contribution in [2.75, 3.05) is 11.4 Å². The van der Waals surface area contributed by atoms with Gasteiger partial charge in [0.2, 0.25) is 0 Å². The molecule has 0 saturated carbocycles. The average molecular weight is 281 g/mol. The minimum atomic E-state index is 0.594. The van der Waals surface area contributed by atoms with E-state index in [1.54, 1.807) is 0 Å². The number of pyridine rings is 1. The van der Waals surface area contributed by atoms with Gasteiger partial charge < -0.3 is 4.90 Å². The molecule has 0 aliphatic rings. The van der Waals surface area contributed by atoms with E-state index in [-0.39, 0.29) is 0 Å². The van der Waals surface area contributed by atoms with E-state index in [2.05, 4.69) is 21.3 Å². The molecule has 0 aromatic carbocycles. The van der Waals surface area contributed by atoms with Crippen LogP contribution in [0.5, 0.6) is 0 Å². The molecule has 21 heavy (non-hydrogen) atoms. The summed E-state index contributed by atoms with van der Waals surface area (Å²) in [5.74, 6) is 0.631. The Bertz CT molecular complexity index is 688. The Morgan fingerprint density at radius 2 is 1.95 bits per heavy atom. The number of anilines is 1. The molecule has 2 aromatic heterocycles. The lowest BCUT2D eigenvalue weighted by Gasteiger charge is -2.23. The molecule has 0 N–H and O–H groups in total. The molecule has 0 saturated heterocycles. The van der Waals surface area contributed by atoms with Gasteiger partial charge in [-0.3, -0.25) is 4.98 Å². The third-order valence-corrected chi connectivity index (χ3v) is 3.53. The zero-order valence-electron chi connectivity index (χ0n) is 12.9. The second-order valence-corrected chi connectivity index (χ2v) is 5.01. The fourth-order valence-corrected chi connectivity index (χ4v) is 2.17. The molecule has 0 amide bonds. The predicted octanol–water partition coefficient (Wildman–Crippen LogP) is 2.70. The van der Waals surface area contributed by atoms with Crippen LogP contribution in [-0.2, 0) is 6.54 Å². The van der Waals surface area contributed by atoms with Crippen LogP contribution in [0.25, 0.3) is 0 Å². The van der Waals surface area contributed by atoms with Gasteiger partial charge in [0.1, 0.15) is 11.6 Å². The van der Waals surface area contributed by atoms with Crippen molar-refractivity contribution >= 4 is 5.82 Å². The first-order chi connectivity index (χ1) is 10.1. The molecule has 0 unspecified atom stereocenters. The van der Waals surface area contributed by atoms with Gasteiger partial charge in [-0.25, -0.2) is 0 Å². The van der Waals surface area contributed by atoms with E-state index < -0.39 is 0 Å². The van der Waals surface area contributed by atoms with Gasteiger partial charge in [0, 0.05) is 12.2 Å². The van der Waals surface area contributed by atoms with Crippen LogP contribution in [0.4, 0.5) is 5.82 Å². The maximum Gasteiger partial charge on any atom is 0.169 e. The van der Waals surface area contributed by atoms with Crippen molar-refractivity contribution in [3.8, 4) is 6.07 Å². The Balaban J connectivity index is 2.39. The van der Waals surface area contributed by atoms with E-state index in [0.29, 0.717) is 17.9 Å². The number of aromatic nitrogens is 3. The summed E-state index contributed by atoms with van der Waals surface area (Å²) < 4.78 is 0. The van der Waals surface area contributed by atoms with Crippen molar-refractivity contribution in [2.45, 2.75) is 34.2 Å². The molecular formula is C16H19N5. The van der Waals surface area contributed by atoms with E-state index in [9.17, 15) is 5.26 Å². The maximum absolute atomic E-state index is 9.42. The van der Waals surface area contributed by atoms with Crippen LogP contribution < -0.4 is 4.90 Å². The summed E-state index contributed by atoms with van der Waals surface area (Å²) in [6.45, 7) is 9.13. The van der Waals surface area contributed by atoms with Crippen LogP contribution in [0.15, 0.2) is 18.2 Å². The van der Waals surface area contributed by atoms with Gasteiger partial charge in [0.15, 0.2) is 5.82 Å². The highest BCUT2D eigenvalue weighted by atomic mass is 15.3. The third-order valence-electron chi connectivity index (χ3n) is 3.53. The lowest BCUT2D eigenvalue weighted by atomic mass is 10.1. The molecule has 2 aromatic rings. The molecule has 5 heteroatoms. The lowest BCUT2D eigenvalue weighted by molar-refractivity contribution is 0.768. The number of aryl methyl sites for hydroxylation is 2. The van der Waals surface area contributed by atoms with E-state index >= 15 is 0 Å². The van der Waals surface area contributed by atoms with Crippen molar-refractivity contribution in [3.63, 3.8) is 0 Å². The standard InChI is InChI=1S/C16H19N5/c1-5-21(10-14-8-6-7-11(2)18-14)16-15(9-17)12(3)13(4)19-20-16/h6-8H,5,10H2,1-4H3. The number of rotatable bonds is 4. The van der Waals surface area contributed by atoms with Gasteiger partial charge in [0.05, 0.1) is 17.9 Å². The molecule has 0 bridgehead atoms. The van der Waals surface area contributed by atoms with Crippen LogP contribution in [0.2, 0.25) is 0 Å². The summed E-state index contributed by atoms with van der Waals surface area (Å²) in [4.78, 5) is 6.54. The Kier molecular flexibility index (Phi) is 4.49. The molecule has 5 nitrogen and oxygen atoms in total. The average Bonchev–Trinajstić information content (AvgIpc) is 2.48. The summed E-state index contributed by atoms with van der Waals surface area (Å²) in [7, 11) is 0. The van der Waals surface area contributed by atoms with E-state index in [1.807, 2.05) is 50.8 Å². The van der Waals surface area contributed by atoms with Gasteiger partial charge in [0.25, 0.3) is 0 Å². The smallest absolute Gasteiger partial charge is 0.169 e. The molecule has 0 atom stereocenters. The zero-order valence-corrected chi connectivity index (χ0v) is 12.9. The highest BCUT2D eigenvalue weighted by Gasteiger charge is 2.17. The largest absolute Gasteiger partial charge is 0.348 e. The number of hydrogen-bond acceptors (Lipinski definition) is 5. The van der Waals surface area contributed by atoms with Crippen molar-refractivity contribution in [3.05, 3.63) is 46.4 Å². The predicted molar refractivity (Wildman–Crippen MR) is 81.9 cm³/mol. The third kappa shape index (κ3) is 3.16. The van der Waals surface area contributed by atoms with Crippen LogP contribution in [0.3, 0.4) is 0 Å². The fraction of sp³-hybridized carbons (Fsp3) is 0.375. The Morgan fingerprint density at radius 1 is 1.19 bits per heavy atom. The van der Waals surface area contributed by atoms with Crippen molar-refractivity contribution in [1.82, 2.24) is 15.2 Å². The van der Waals surface area contributed by atoms with Gasteiger partial charge in [-0.05, 0) is 45.4 Å². The lowest BCUT2D eigenvalue weighted by Crippen LogP contribution is -2.25. The Morgan fingerprint density at radius 3 is 2.57 bits per heavy atom. The number of nitriles is 1. The minimum Gasteiger partial charge on any atom is -0.348 e. The van der Waals surface area contributed by atoms with Crippen LogP contribution in [-0.4, -0.2) is 21.7 Å². The molecule has 0 spiro atoms. The summed E-state index contributed by atoms with van der Waals surface area (Å²) in [6.07, 6.45) is 0. The molecule has 0 aliphatic heterocycles. The van der Waals surface area contributed by atoms with E-state index in [1.165, 1.54) is 0 Å². The van der Waals surface area contributed by atoms with Crippen molar-refractivity contribution < 1.29 is 0 Å². The SMILES string of the molecule is CCN(Cc1cccc(C)n1)c1nnc(C)c(C)c1C#N. The summed E-state index contributed by atoms with van der Waals surface area (Å²) in [6, 6.07) is 8.19. The first-order valence-electron chi connectivity index (χ1n) is 6.98. The fourth-order valence-electron chi connectivity index (χ4n) is 2.17. The summed E-state index contributed by atoms with van der Waals surface area (Å²) in [5.41, 5.74) is 4.21. The first-order valence-corrected chi connectivity index (χ1v) is 6.98. The van der Waals surface area contributed by atoms with E-state index in [4.69, 9.17) is 0 Å². The van der Waals surface area contributed by atoms with Crippen LogP contribution in [0.1, 0.15) is 35.1 Å². The minimum absolute atomic E-state index is 0.594. The van der Waals surface area contributed by atoms with Crippen molar-refractivity contribution in [2.24, 2.45) is 0 Å². The second-order valence-electron chi connectivity index (χ2n) is 5.01. The van der Waals surface area contributed by atoms with Gasteiger partial charge >= 0.3 is 0 Å². The Hall–Kier alpha value is -2.48. The Labute approximate surface area is 125 Å². The van der Waals surface area contributed by atoms with Crippen LogP contribution in [0, 0.1) is 32.1 Å². The highest BCUT2D eigenvalue weighted by molar-refractivity contribution is 5.57. The summed E-state index contributed by atoms with van der Waals surface area (Å²) >= 11 is 0. The monoisotopic (exact) mass is 281 g/mol. The normalized spacial score (nSPS) is 10.2. The van der Waals surface area contributed by atoms with Crippen LogP contribution >= 0.6 is 0 Å². The first kappa shape index (κ1) is 14.9. The quantitative estimate of drug-likeness (QED) is 0.862. The van der Waals surface area contributed by atoms with Gasteiger partial charge in [-0.15, -0.1) is 5.10 Å². The zero-order chi connectivity index (χ0) is 15.4. The molecule has 108 valence electrons. The van der Waals surface area contributed by atoms with E-state index in [0.717, 1.165) is 29.2 Å². The number of hydrogen-bond donors (Lipinski definition) is 0. The topological polar surface area (TPSA) is 65.7 Å². The molecular weight excluding hydrogens is 262 g/mol. The summed E-state index contributed by atoms with van der Waals surface area (Å²) in [5, 5.41) is 17.8. The molecule has 2 rings (SSSR count). The molecule has 0 fully saturated rings. The molecule has 2 heterocycles. The van der Waals surface area contributed by atoms with Gasteiger partial charge in [-0.2, -0.15) is 10.4 Å².